The highest BCUT2D eigenvalue weighted by atomic mass is 79.9. The molecule has 1 aromatic heterocycles. The van der Waals surface area contributed by atoms with Crippen molar-refractivity contribution in [3.05, 3.63) is 9.47 Å². The van der Waals surface area contributed by atoms with Crippen LogP contribution in [0.3, 0.4) is 0 Å². The predicted octanol–water partition coefficient (Wildman–Crippen LogP) is 1.34. The summed E-state index contributed by atoms with van der Waals surface area (Å²) < 4.78 is 22.2. The smallest absolute Gasteiger partial charge is 0.218 e. The third-order valence-corrected chi connectivity index (χ3v) is 1.39. The zero-order valence-corrected chi connectivity index (χ0v) is 6.77. The molecule has 0 saturated carbocycles. The van der Waals surface area contributed by atoms with Crippen LogP contribution < -0.4 is 0 Å². The Kier molecular flexibility index (Phi) is 0.888. The number of aryl methyl sites for hydroxylation is 1. The number of aromatic nitrogens is 3. The van der Waals surface area contributed by atoms with Crippen molar-refractivity contribution in [3.8, 4) is 0 Å². The standard InChI is InChI=1S/C3H3Br2N3/c1-8-3(5)6-2(4)7-8/h1H3/i1D3. The van der Waals surface area contributed by atoms with Gasteiger partial charge >= 0.3 is 0 Å². The third kappa shape index (κ3) is 1.08. The van der Waals surface area contributed by atoms with E-state index in [0.717, 1.165) is 4.68 Å². The average molecular weight is 244 g/mol. The molecule has 0 spiro atoms. The number of halogens is 2. The topological polar surface area (TPSA) is 30.7 Å². The monoisotopic (exact) mass is 242 g/mol. The summed E-state index contributed by atoms with van der Waals surface area (Å²) in [4.78, 5) is 3.70. The van der Waals surface area contributed by atoms with Crippen molar-refractivity contribution in [1.29, 1.82) is 0 Å². The summed E-state index contributed by atoms with van der Waals surface area (Å²) in [5, 5.41) is 3.59. The number of nitrogens with zero attached hydrogens (tertiary/aromatic N) is 3. The van der Waals surface area contributed by atoms with E-state index in [9.17, 15) is 0 Å². The molecule has 1 heterocycles. The van der Waals surface area contributed by atoms with Crippen molar-refractivity contribution in [3.63, 3.8) is 0 Å². The average Bonchev–Trinajstić information content (AvgIpc) is 2.08. The molecule has 0 amide bonds. The molecule has 5 heteroatoms. The Morgan fingerprint density at radius 2 is 2.50 bits per heavy atom. The number of hydrogen-bond acceptors (Lipinski definition) is 2. The molecular formula is C3H3Br2N3. The van der Waals surface area contributed by atoms with Crippen LogP contribution in [0.1, 0.15) is 4.11 Å². The van der Waals surface area contributed by atoms with Gasteiger partial charge in [0.25, 0.3) is 0 Å². The van der Waals surface area contributed by atoms with Crippen LogP contribution in [0, 0.1) is 0 Å². The summed E-state index contributed by atoms with van der Waals surface area (Å²) in [6, 6.07) is 0. The van der Waals surface area contributed by atoms with Gasteiger partial charge in [0.15, 0.2) is 4.73 Å². The molecular weight excluding hydrogens is 238 g/mol. The van der Waals surface area contributed by atoms with Crippen molar-refractivity contribution in [1.82, 2.24) is 14.8 Å². The Balaban J connectivity index is 3.13. The second-order valence-corrected chi connectivity index (χ2v) is 2.48. The quantitative estimate of drug-likeness (QED) is 0.689. The van der Waals surface area contributed by atoms with Crippen LogP contribution in [-0.2, 0) is 6.98 Å². The zero-order chi connectivity index (χ0) is 8.65. The van der Waals surface area contributed by atoms with Gasteiger partial charge in [-0.3, -0.25) is 0 Å². The molecule has 0 radical (unpaired) electrons. The minimum Gasteiger partial charge on any atom is -0.242 e. The van der Waals surface area contributed by atoms with Gasteiger partial charge in [-0.05, 0) is 31.9 Å². The molecule has 0 atom stereocenters. The lowest BCUT2D eigenvalue weighted by molar-refractivity contribution is 0.740. The lowest BCUT2D eigenvalue weighted by Gasteiger charge is -1.82. The summed E-state index contributed by atoms with van der Waals surface area (Å²) >= 11 is 5.90. The second-order valence-electron chi connectivity index (χ2n) is 1.06. The predicted molar refractivity (Wildman–Crippen MR) is 36.4 cm³/mol. The van der Waals surface area contributed by atoms with E-state index in [1.165, 1.54) is 0 Å². The maximum Gasteiger partial charge on any atom is 0.218 e. The summed E-state index contributed by atoms with van der Waals surface area (Å²) in [5.74, 6) is 0. The van der Waals surface area contributed by atoms with Gasteiger partial charge in [0.1, 0.15) is 0 Å². The zero-order valence-electron chi connectivity index (χ0n) is 6.60. The summed E-state index contributed by atoms with van der Waals surface area (Å²) in [6.45, 7) is -2.28. The Labute approximate surface area is 67.6 Å². The Morgan fingerprint density at radius 1 is 1.75 bits per heavy atom. The van der Waals surface area contributed by atoms with Gasteiger partial charge in [-0.1, -0.05) is 0 Å². The normalized spacial score (nSPS) is 17.0. The van der Waals surface area contributed by atoms with E-state index in [-0.39, 0.29) is 9.47 Å². The summed E-state index contributed by atoms with van der Waals surface area (Å²) in [7, 11) is 0. The van der Waals surface area contributed by atoms with Crippen molar-refractivity contribution in [2.45, 2.75) is 0 Å². The summed E-state index contributed by atoms with van der Waals surface area (Å²) in [6.07, 6.45) is 0. The van der Waals surface area contributed by atoms with Gasteiger partial charge in [0.05, 0.1) is 0 Å². The molecule has 0 N–H and O–H groups in total. The maximum atomic E-state index is 6.97. The lowest BCUT2D eigenvalue weighted by Crippen LogP contribution is -1.88. The number of rotatable bonds is 0. The molecule has 0 bridgehead atoms. The van der Waals surface area contributed by atoms with Crippen LogP contribution >= 0.6 is 31.9 Å². The first-order valence-corrected chi connectivity index (χ1v) is 3.28. The highest BCUT2D eigenvalue weighted by Crippen LogP contribution is 2.08. The van der Waals surface area contributed by atoms with Crippen molar-refractivity contribution < 1.29 is 4.11 Å². The molecule has 1 aromatic rings. The van der Waals surface area contributed by atoms with E-state index >= 15 is 0 Å². The molecule has 8 heavy (non-hydrogen) atoms. The van der Waals surface area contributed by atoms with E-state index < -0.39 is 6.98 Å². The second kappa shape index (κ2) is 2.14. The van der Waals surface area contributed by atoms with Crippen LogP contribution in [0.5, 0.6) is 0 Å². The first-order chi connectivity index (χ1) is 4.91. The first-order valence-electron chi connectivity index (χ1n) is 3.20. The minimum atomic E-state index is -2.28. The first kappa shape index (κ1) is 3.31. The Hall–Kier alpha value is 0.1000. The fourth-order valence-corrected chi connectivity index (χ4v) is 1.08. The van der Waals surface area contributed by atoms with Crippen LogP contribution in [0.15, 0.2) is 9.47 Å². The van der Waals surface area contributed by atoms with Gasteiger partial charge in [-0.25, -0.2) is 4.68 Å². The van der Waals surface area contributed by atoms with Crippen LogP contribution in [0.2, 0.25) is 0 Å². The Morgan fingerprint density at radius 3 is 2.75 bits per heavy atom. The molecule has 0 aliphatic heterocycles. The van der Waals surface area contributed by atoms with Crippen LogP contribution in [0.4, 0.5) is 0 Å². The molecule has 0 aliphatic rings. The van der Waals surface area contributed by atoms with Crippen molar-refractivity contribution in [2.24, 2.45) is 6.98 Å². The molecule has 0 fully saturated rings. The molecule has 0 unspecified atom stereocenters. The van der Waals surface area contributed by atoms with Crippen molar-refractivity contribution in [2.75, 3.05) is 0 Å². The van der Waals surface area contributed by atoms with Gasteiger partial charge in [0.2, 0.25) is 4.73 Å². The fourth-order valence-electron chi connectivity index (χ4n) is 0.270. The van der Waals surface area contributed by atoms with E-state index in [1.54, 1.807) is 0 Å². The van der Waals surface area contributed by atoms with Gasteiger partial charge in [-0.2, -0.15) is 4.98 Å². The van der Waals surface area contributed by atoms with Gasteiger partial charge in [-0.15, -0.1) is 5.10 Å². The third-order valence-electron chi connectivity index (χ3n) is 0.542. The minimum absolute atomic E-state index is 0.185. The van der Waals surface area contributed by atoms with E-state index in [4.69, 9.17) is 4.11 Å². The Bertz CT molecular complexity index is 267. The molecule has 3 nitrogen and oxygen atoms in total. The fraction of sp³-hybridized carbons (Fsp3) is 0.333. The van der Waals surface area contributed by atoms with Gasteiger partial charge in [0, 0.05) is 11.1 Å². The molecule has 0 aliphatic carbocycles. The lowest BCUT2D eigenvalue weighted by atomic mass is 11.2. The van der Waals surface area contributed by atoms with Crippen LogP contribution in [-0.4, -0.2) is 14.8 Å². The number of hydrogen-bond donors (Lipinski definition) is 0. The largest absolute Gasteiger partial charge is 0.242 e. The van der Waals surface area contributed by atoms with Gasteiger partial charge < -0.3 is 0 Å². The maximum absolute atomic E-state index is 6.97. The molecule has 1 rings (SSSR count). The highest BCUT2D eigenvalue weighted by Gasteiger charge is 1.97. The van der Waals surface area contributed by atoms with E-state index in [0.29, 0.717) is 0 Å². The highest BCUT2D eigenvalue weighted by molar-refractivity contribution is 9.11. The van der Waals surface area contributed by atoms with Crippen molar-refractivity contribution >= 4 is 31.9 Å². The SMILES string of the molecule is [2H]C([2H])([2H])n1nc(Br)nc1Br. The van der Waals surface area contributed by atoms with E-state index in [1.807, 2.05) is 0 Å². The molecule has 0 saturated heterocycles. The summed E-state index contributed by atoms with van der Waals surface area (Å²) in [5.41, 5.74) is 0. The molecule has 0 aromatic carbocycles. The molecule has 44 valence electrons. The van der Waals surface area contributed by atoms with E-state index in [2.05, 4.69) is 41.9 Å². The van der Waals surface area contributed by atoms with Crippen LogP contribution in [0.25, 0.3) is 0 Å².